The van der Waals surface area contributed by atoms with Crippen LogP contribution in [0.25, 0.3) is 0 Å². The molecule has 0 amide bonds. The van der Waals surface area contributed by atoms with Crippen LogP contribution in [0.15, 0.2) is 0 Å². The zero-order valence-corrected chi connectivity index (χ0v) is 12.9. The number of halogens is 4. The van der Waals surface area contributed by atoms with Crippen LogP contribution in [0.2, 0.25) is 0 Å². The number of hydrogen-bond acceptors (Lipinski definition) is 3. The van der Waals surface area contributed by atoms with Crippen molar-refractivity contribution in [2.75, 3.05) is 0 Å². The van der Waals surface area contributed by atoms with Gasteiger partial charge in [0.05, 0.1) is 0 Å². The molecule has 0 aromatic heterocycles. The first-order valence-electron chi connectivity index (χ1n) is 4.27. The van der Waals surface area contributed by atoms with Crippen LogP contribution in [0.1, 0.15) is 32.6 Å². The van der Waals surface area contributed by atoms with E-state index < -0.39 is 27.7 Å². The summed E-state index contributed by atoms with van der Waals surface area (Å²) in [5, 5.41) is -5.53. The molecular weight excluding hydrogens is 279 g/mol. The Morgan fingerprint density at radius 1 is 1.12 bits per heavy atom. The minimum absolute atomic E-state index is 0. The third-order valence-electron chi connectivity index (χ3n) is 1.83. The zero-order valence-electron chi connectivity index (χ0n) is 8.97. The Labute approximate surface area is 134 Å². The van der Waals surface area contributed by atoms with Gasteiger partial charge in [0.25, 0.3) is 0 Å². The second-order valence-electron chi connectivity index (χ2n) is 3.13. The molecule has 0 aliphatic heterocycles. The van der Waals surface area contributed by atoms with Crippen molar-refractivity contribution in [2.24, 2.45) is 0 Å². The van der Waals surface area contributed by atoms with E-state index in [0.717, 1.165) is 0 Å². The number of alkyl halides is 4. The van der Waals surface area contributed by atoms with Crippen LogP contribution < -0.4 is 51.4 Å². The van der Waals surface area contributed by atoms with Crippen LogP contribution in [0, 0.1) is 0 Å². The molecule has 0 rings (SSSR count). The molecule has 0 radical (unpaired) electrons. The van der Waals surface area contributed by atoms with Crippen LogP contribution in [0.3, 0.4) is 0 Å². The average Bonchev–Trinajstić information content (AvgIpc) is 2.02. The molecule has 0 aromatic rings. The van der Waals surface area contributed by atoms with Crippen LogP contribution in [-0.4, -0.2) is 24.1 Å². The third kappa shape index (κ3) is 4.87. The molecule has 3 nitrogen and oxygen atoms in total. The Bertz CT molecular complexity index is 305. The molecule has 0 atom stereocenters. The Kier molecular flexibility index (Phi) is 8.58. The number of unbranched alkanes of at least 4 members (excludes halogenated alkanes) is 2. The third-order valence-corrected chi connectivity index (χ3v) is 2.76. The predicted molar refractivity (Wildman–Crippen MR) is 43.7 cm³/mol. The van der Waals surface area contributed by atoms with Crippen LogP contribution in [0.4, 0.5) is 17.6 Å². The first-order chi connectivity index (χ1) is 6.56. The predicted octanol–water partition coefficient (Wildman–Crippen LogP) is -0.656. The van der Waals surface area contributed by atoms with Crippen molar-refractivity contribution in [3.05, 3.63) is 0 Å². The van der Waals surface area contributed by atoms with E-state index in [1.165, 1.54) is 0 Å². The van der Waals surface area contributed by atoms with Crippen molar-refractivity contribution in [3.63, 3.8) is 0 Å². The molecule has 0 N–H and O–H groups in total. The molecule has 9 heteroatoms. The van der Waals surface area contributed by atoms with E-state index in [4.69, 9.17) is 0 Å². The molecule has 0 saturated heterocycles. The molecule has 0 bridgehead atoms. The van der Waals surface area contributed by atoms with Gasteiger partial charge in [-0.2, -0.15) is 17.6 Å². The van der Waals surface area contributed by atoms with E-state index >= 15 is 0 Å². The van der Waals surface area contributed by atoms with Gasteiger partial charge in [-0.25, -0.2) is 8.42 Å². The minimum Gasteiger partial charge on any atom is -0.743 e. The fraction of sp³-hybridized carbons (Fsp3) is 1.00. The molecule has 0 aliphatic carbocycles. The monoisotopic (exact) mass is 290 g/mol. The summed E-state index contributed by atoms with van der Waals surface area (Å²) in [5.74, 6) is -4.80. The minimum atomic E-state index is -6.33. The van der Waals surface area contributed by atoms with E-state index in [-0.39, 0.29) is 64.2 Å². The SMILES string of the molecule is CCCCCC(F)(F)C(F)(F)S(=O)(=O)[O-].[K+]. The molecule has 0 saturated carbocycles. The standard InChI is InChI=1S/C7H12F4O3S.K/c1-2-3-4-5-6(8,9)7(10,11)15(12,13)14;/h2-5H2,1H3,(H,12,13,14);/q;+1/p-1. The Hall–Kier alpha value is 1.27. The first kappa shape index (κ1) is 19.6. The van der Waals surface area contributed by atoms with Gasteiger partial charge in [-0.1, -0.05) is 19.8 Å². The molecule has 16 heavy (non-hydrogen) atoms. The maximum Gasteiger partial charge on any atom is 1.00 e. The number of rotatable bonds is 6. The van der Waals surface area contributed by atoms with Crippen molar-refractivity contribution in [2.45, 2.75) is 43.8 Å². The zero-order chi connectivity index (χ0) is 12.3. The largest absolute Gasteiger partial charge is 1.00 e. The Morgan fingerprint density at radius 3 is 1.88 bits per heavy atom. The van der Waals surface area contributed by atoms with Gasteiger partial charge in [-0.15, -0.1) is 0 Å². The van der Waals surface area contributed by atoms with Gasteiger partial charge < -0.3 is 4.55 Å². The molecule has 0 fully saturated rings. The first-order valence-corrected chi connectivity index (χ1v) is 5.68. The summed E-state index contributed by atoms with van der Waals surface area (Å²) in [6, 6.07) is 0. The molecule has 0 aliphatic rings. The summed E-state index contributed by atoms with van der Waals surface area (Å²) in [6.45, 7) is 1.67. The maximum atomic E-state index is 12.7. The van der Waals surface area contributed by atoms with Gasteiger partial charge in [0, 0.05) is 6.42 Å². The van der Waals surface area contributed by atoms with Crippen LogP contribution in [-0.2, 0) is 10.1 Å². The van der Waals surface area contributed by atoms with Crippen LogP contribution >= 0.6 is 0 Å². The summed E-state index contributed by atoms with van der Waals surface area (Å²) >= 11 is 0. The summed E-state index contributed by atoms with van der Waals surface area (Å²) in [7, 11) is -6.33. The Morgan fingerprint density at radius 2 is 1.56 bits per heavy atom. The molecule has 0 aromatic carbocycles. The Balaban J connectivity index is 0. The van der Waals surface area contributed by atoms with Crippen molar-refractivity contribution >= 4 is 10.1 Å². The fourth-order valence-electron chi connectivity index (χ4n) is 0.925. The van der Waals surface area contributed by atoms with Crippen molar-refractivity contribution < 1.29 is 81.9 Å². The van der Waals surface area contributed by atoms with Gasteiger partial charge in [0.1, 0.15) is 0 Å². The molecule has 92 valence electrons. The summed E-state index contributed by atoms with van der Waals surface area (Å²) in [6.07, 6.45) is -0.778. The van der Waals surface area contributed by atoms with Crippen LogP contribution in [0.5, 0.6) is 0 Å². The van der Waals surface area contributed by atoms with E-state index in [1.54, 1.807) is 6.92 Å². The van der Waals surface area contributed by atoms with E-state index in [9.17, 15) is 30.5 Å². The summed E-state index contributed by atoms with van der Waals surface area (Å²) in [4.78, 5) is 0. The average molecular weight is 290 g/mol. The van der Waals surface area contributed by atoms with Gasteiger partial charge in [-0.3, -0.25) is 0 Å². The number of hydrogen-bond donors (Lipinski definition) is 0. The second-order valence-corrected chi connectivity index (χ2v) is 4.55. The van der Waals surface area contributed by atoms with Gasteiger partial charge in [-0.05, 0) is 6.42 Å². The summed E-state index contributed by atoms with van der Waals surface area (Å²) < 4.78 is 80.2. The van der Waals surface area contributed by atoms with E-state index in [2.05, 4.69) is 0 Å². The van der Waals surface area contributed by atoms with Crippen molar-refractivity contribution in [1.29, 1.82) is 0 Å². The topological polar surface area (TPSA) is 57.2 Å². The van der Waals surface area contributed by atoms with E-state index in [0.29, 0.717) is 6.42 Å². The molecular formula is C7H11F4KO3S. The van der Waals surface area contributed by atoms with Gasteiger partial charge in [0.15, 0.2) is 10.1 Å². The molecule has 0 unspecified atom stereocenters. The van der Waals surface area contributed by atoms with E-state index in [1.807, 2.05) is 0 Å². The molecule has 0 heterocycles. The van der Waals surface area contributed by atoms with Gasteiger partial charge in [0.2, 0.25) is 0 Å². The quantitative estimate of drug-likeness (QED) is 0.282. The normalized spacial score (nSPS) is 13.4. The maximum absolute atomic E-state index is 12.7. The molecule has 0 spiro atoms. The second kappa shape index (κ2) is 7.00. The van der Waals surface area contributed by atoms with Crippen molar-refractivity contribution in [3.8, 4) is 0 Å². The fourth-order valence-corrected chi connectivity index (χ4v) is 1.39. The summed E-state index contributed by atoms with van der Waals surface area (Å²) in [5.41, 5.74) is 0. The van der Waals surface area contributed by atoms with Crippen molar-refractivity contribution in [1.82, 2.24) is 0 Å². The smallest absolute Gasteiger partial charge is 0.743 e. The van der Waals surface area contributed by atoms with Gasteiger partial charge >= 0.3 is 62.6 Å².